The van der Waals surface area contributed by atoms with Crippen molar-refractivity contribution in [1.82, 2.24) is 14.9 Å². The maximum absolute atomic E-state index is 12.2. The highest BCUT2D eigenvalue weighted by Gasteiger charge is 2.14. The van der Waals surface area contributed by atoms with Crippen LogP contribution >= 0.6 is 11.3 Å². The second kappa shape index (κ2) is 7.48. The maximum atomic E-state index is 12.2. The van der Waals surface area contributed by atoms with Gasteiger partial charge in [0.25, 0.3) is 0 Å². The van der Waals surface area contributed by atoms with Gasteiger partial charge in [-0.05, 0) is 23.8 Å². The number of aromatic nitrogens is 2. The number of nitrogens with one attached hydrogen (secondary N) is 1. The van der Waals surface area contributed by atoms with Gasteiger partial charge in [0.15, 0.2) is 0 Å². The quantitative estimate of drug-likeness (QED) is 0.735. The Kier molecular flexibility index (Phi) is 5.14. The zero-order chi connectivity index (χ0) is 16.8. The number of sulfonamides is 1. The van der Waals surface area contributed by atoms with Crippen LogP contribution < -0.4 is 4.72 Å². The molecule has 0 fully saturated rings. The Labute approximate surface area is 144 Å². The topological polar surface area (TPSA) is 72.0 Å². The molecule has 1 N–H and O–H groups in total. The lowest BCUT2D eigenvalue weighted by molar-refractivity contribution is 0.581. The molecule has 3 rings (SSSR count). The van der Waals surface area contributed by atoms with Crippen LogP contribution in [0.2, 0.25) is 0 Å². The summed E-state index contributed by atoms with van der Waals surface area (Å²) < 4.78 is 26.8. The van der Waals surface area contributed by atoms with E-state index in [0.717, 1.165) is 10.6 Å². The summed E-state index contributed by atoms with van der Waals surface area (Å²) in [6, 6.07) is 18.1. The van der Waals surface area contributed by atoms with E-state index in [2.05, 4.69) is 14.9 Å². The van der Waals surface area contributed by atoms with Crippen LogP contribution in [0.5, 0.6) is 0 Å². The van der Waals surface area contributed by atoms with E-state index < -0.39 is 10.0 Å². The highest BCUT2D eigenvalue weighted by Crippen LogP contribution is 2.15. The molecule has 1 heterocycles. The summed E-state index contributed by atoms with van der Waals surface area (Å²) in [6.45, 7) is 0.119. The van der Waals surface area contributed by atoms with Crippen molar-refractivity contribution in [3.8, 4) is 0 Å². The van der Waals surface area contributed by atoms with Crippen LogP contribution in [-0.2, 0) is 16.6 Å². The summed E-state index contributed by atoms with van der Waals surface area (Å²) in [5.41, 5.74) is 1.07. The maximum Gasteiger partial charge on any atom is 0.240 e. The summed E-state index contributed by atoms with van der Waals surface area (Å²) in [6.07, 6.45) is 3.81. The molecule has 7 heteroatoms. The molecule has 0 aliphatic rings. The Hall–Kier alpha value is -2.35. The molecule has 0 radical (unpaired) electrons. The minimum Gasteiger partial charge on any atom is -0.207 e. The van der Waals surface area contributed by atoms with E-state index in [1.807, 2.05) is 42.5 Å². The molecule has 5 nitrogen and oxygen atoms in total. The summed E-state index contributed by atoms with van der Waals surface area (Å²) in [4.78, 5) is 0.235. The molecular formula is C17H15N3O2S2. The predicted octanol–water partition coefficient (Wildman–Crippen LogP) is 3.19. The molecule has 0 bridgehead atoms. The smallest absolute Gasteiger partial charge is 0.207 e. The Bertz CT molecular complexity index is 921. The third kappa shape index (κ3) is 4.35. The largest absolute Gasteiger partial charge is 0.240 e. The van der Waals surface area contributed by atoms with Gasteiger partial charge in [-0.15, -0.1) is 10.2 Å². The fourth-order valence-electron chi connectivity index (χ4n) is 1.98. The molecule has 0 aliphatic heterocycles. The zero-order valence-corrected chi connectivity index (χ0v) is 14.3. The fraction of sp³-hybridized carbons (Fsp3) is 0.0588. The number of nitrogens with zero attached hydrogens (tertiary/aromatic N) is 2. The molecule has 0 atom stereocenters. The average molecular weight is 357 g/mol. The molecule has 0 spiro atoms. The molecule has 0 saturated carbocycles. The van der Waals surface area contributed by atoms with Crippen molar-refractivity contribution >= 4 is 33.5 Å². The Morgan fingerprint density at radius 1 is 0.917 bits per heavy atom. The molecule has 2 aromatic carbocycles. The average Bonchev–Trinajstić information content (AvgIpc) is 3.08. The first-order chi connectivity index (χ1) is 11.6. The fourth-order valence-corrected chi connectivity index (χ4v) is 3.76. The third-order valence-corrected chi connectivity index (χ3v) is 5.47. The van der Waals surface area contributed by atoms with Gasteiger partial charge in [0.1, 0.15) is 10.0 Å². The minimum atomic E-state index is -3.53. The molecular weight excluding hydrogens is 342 g/mol. The van der Waals surface area contributed by atoms with Crippen molar-refractivity contribution in [3.05, 3.63) is 76.2 Å². The van der Waals surface area contributed by atoms with Gasteiger partial charge < -0.3 is 0 Å². The molecule has 122 valence electrons. The van der Waals surface area contributed by atoms with E-state index in [0.29, 0.717) is 5.01 Å². The van der Waals surface area contributed by atoms with E-state index in [1.165, 1.54) is 11.3 Å². The molecule has 0 unspecified atom stereocenters. The first-order valence-corrected chi connectivity index (χ1v) is 9.54. The van der Waals surface area contributed by atoms with E-state index in [4.69, 9.17) is 0 Å². The van der Waals surface area contributed by atoms with Gasteiger partial charge >= 0.3 is 0 Å². The van der Waals surface area contributed by atoms with E-state index in [1.54, 1.807) is 30.3 Å². The van der Waals surface area contributed by atoms with Crippen molar-refractivity contribution in [2.45, 2.75) is 11.4 Å². The lowest BCUT2D eigenvalue weighted by Gasteiger charge is -2.03. The van der Waals surface area contributed by atoms with Crippen LogP contribution in [0.4, 0.5) is 0 Å². The van der Waals surface area contributed by atoms with Crippen LogP contribution in [0.3, 0.4) is 0 Å². The zero-order valence-electron chi connectivity index (χ0n) is 12.7. The standard InChI is InChI=1S/C17H15N3O2S2/c21-24(22,15-9-5-2-6-10-15)18-13-17-20-19-16(23-17)12-11-14-7-3-1-4-8-14/h1-12,18H,13H2/b12-11+. The van der Waals surface area contributed by atoms with Crippen molar-refractivity contribution < 1.29 is 8.42 Å². The van der Waals surface area contributed by atoms with E-state index in [9.17, 15) is 8.42 Å². The second-order valence-corrected chi connectivity index (χ2v) is 7.78. The van der Waals surface area contributed by atoms with Crippen LogP contribution in [-0.4, -0.2) is 18.6 Å². The van der Waals surface area contributed by atoms with Crippen molar-refractivity contribution in [1.29, 1.82) is 0 Å². The molecule has 0 amide bonds. The lowest BCUT2D eigenvalue weighted by Crippen LogP contribution is -2.23. The van der Waals surface area contributed by atoms with Crippen LogP contribution in [0.1, 0.15) is 15.6 Å². The monoisotopic (exact) mass is 357 g/mol. The lowest BCUT2D eigenvalue weighted by atomic mass is 10.2. The van der Waals surface area contributed by atoms with Crippen molar-refractivity contribution in [2.75, 3.05) is 0 Å². The van der Waals surface area contributed by atoms with Gasteiger partial charge in [0.2, 0.25) is 10.0 Å². The molecule has 24 heavy (non-hydrogen) atoms. The Morgan fingerprint density at radius 3 is 2.29 bits per heavy atom. The number of hydrogen-bond donors (Lipinski definition) is 1. The van der Waals surface area contributed by atoms with Crippen LogP contribution in [0.25, 0.3) is 12.2 Å². The number of benzene rings is 2. The highest BCUT2D eigenvalue weighted by atomic mass is 32.2. The first-order valence-electron chi connectivity index (χ1n) is 7.24. The second-order valence-electron chi connectivity index (χ2n) is 4.92. The molecule has 0 aliphatic carbocycles. The predicted molar refractivity (Wildman–Crippen MR) is 95.7 cm³/mol. The van der Waals surface area contributed by atoms with Gasteiger partial charge in [-0.1, -0.05) is 65.9 Å². The summed E-state index contributed by atoms with van der Waals surface area (Å²) in [5.74, 6) is 0. The Balaban J connectivity index is 1.63. The van der Waals surface area contributed by atoms with Gasteiger partial charge in [-0.3, -0.25) is 0 Å². The number of hydrogen-bond acceptors (Lipinski definition) is 5. The van der Waals surface area contributed by atoms with Crippen LogP contribution in [0.15, 0.2) is 65.6 Å². The molecule has 1 aromatic heterocycles. The Morgan fingerprint density at radius 2 is 1.58 bits per heavy atom. The molecule has 3 aromatic rings. The van der Waals surface area contributed by atoms with Crippen LogP contribution in [0, 0.1) is 0 Å². The summed E-state index contributed by atoms with van der Waals surface area (Å²) in [5, 5.41) is 9.41. The highest BCUT2D eigenvalue weighted by molar-refractivity contribution is 7.89. The normalized spacial score (nSPS) is 11.8. The minimum absolute atomic E-state index is 0.119. The first kappa shape index (κ1) is 16.5. The van der Waals surface area contributed by atoms with E-state index in [-0.39, 0.29) is 11.4 Å². The summed E-state index contributed by atoms with van der Waals surface area (Å²) in [7, 11) is -3.53. The SMILES string of the molecule is O=S(=O)(NCc1nnc(/C=C/c2ccccc2)s1)c1ccccc1. The molecule has 0 saturated heterocycles. The van der Waals surface area contributed by atoms with Gasteiger partial charge in [-0.2, -0.15) is 0 Å². The van der Waals surface area contributed by atoms with Gasteiger partial charge in [0, 0.05) is 0 Å². The van der Waals surface area contributed by atoms with Gasteiger partial charge in [0.05, 0.1) is 11.4 Å². The van der Waals surface area contributed by atoms with Gasteiger partial charge in [-0.25, -0.2) is 13.1 Å². The summed E-state index contributed by atoms with van der Waals surface area (Å²) >= 11 is 1.35. The van der Waals surface area contributed by atoms with Crippen molar-refractivity contribution in [3.63, 3.8) is 0 Å². The van der Waals surface area contributed by atoms with Crippen molar-refractivity contribution in [2.24, 2.45) is 0 Å². The third-order valence-electron chi connectivity index (χ3n) is 3.17. The number of rotatable bonds is 6. The van der Waals surface area contributed by atoms with E-state index >= 15 is 0 Å².